The number of rotatable bonds is 0. The van der Waals surface area contributed by atoms with Crippen molar-refractivity contribution in [3.8, 4) is 0 Å². The van der Waals surface area contributed by atoms with Gasteiger partial charge in [-0.1, -0.05) is 0 Å². The summed E-state index contributed by atoms with van der Waals surface area (Å²) in [5, 5.41) is 1.91. The number of hydrogen-bond acceptors (Lipinski definition) is 2. The summed E-state index contributed by atoms with van der Waals surface area (Å²) >= 11 is 0. The number of aromatic nitrogens is 2. The summed E-state index contributed by atoms with van der Waals surface area (Å²) in [4.78, 5) is 22.4. The molecule has 0 fully saturated rings. The van der Waals surface area contributed by atoms with Gasteiger partial charge < -0.3 is 0 Å². The molecule has 0 aliphatic carbocycles. The van der Waals surface area contributed by atoms with E-state index in [-0.39, 0.29) is 6.07 Å². The third-order valence-electron chi connectivity index (χ3n) is 1.90. The normalized spacial score (nSPS) is 12.9. The molecule has 90 valence electrons. The average Bonchev–Trinajstić information content (AvgIpc) is 2.05. The first-order valence-corrected chi connectivity index (χ1v) is 4.47. The first kappa shape index (κ1) is 12.5. The Morgan fingerprint density at radius 2 is 1.69 bits per heavy atom. The van der Waals surface area contributed by atoms with Gasteiger partial charge in [-0.3, -0.25) is 14.7 Å². The molecule has 0 aromatic carbocycles. The molecule has 1 rings (SSSR count). The average molecular weight is 236 g/mol. The molecule has 1 aromatic heterocycles. The van der Waals surface area contributed by atoms with Gasteiger partial charge in [0.1, 0.15) is 5.69 Å². The van der Waals surface area contributed by atoms with Crippen LogP contribution in [0.2, 0.25) is 0 Å². The van der Waals surface area contributed by atoms with E-state index in [9.17, 15) is 22.8 Å². The first-order valence-electron chi connectivity index (χ1n) is 4.47. The van der Waals surface area contributed by atoms with Gasteiger partial charge in [-0.15, -0.1) is 0 Å². The van der Waals surface area contributed by atoms with Crippen molar-refractivity contribution in [3.63, 3.8) is 0 Å². The van der Waals surface area contributed by atoms with Gasteiger partial charge in [-0.2, -0.15) is 13.2 Å². The molecular formula is C9H11F3N2O2. The second-order valence-corrected chi connectivity index (χ2v) is 4.34. The highest BCUT2D eigenvalue weighted by Gasteiger charge is 2.34. The number of nitrogens with zero attached hydrogens (tertiary/aromatic N) is 1. The summed E-state index contributed by atoms with van der Waals surface area (Å²) in [6.07, 6.45) is -4.68. The van der Waals surface area contributed by atoms with Crippen LogP contribution >= 0.6 is 0 Å². The van der Waals surface area contributed by atoms with E-state index in [1.54, 1.807) is 0 Å². The molecule has 1 N–H and O–H groups in total. The molecule has 0 spiro atoms. The van der Waals surface area contributed by atoms with Crippen LogP contribution in [0, 0.1) is 0 Å². The predicted molar refractivity (Wildman–Crippen MR) is 51.3 cm³/mol. The van der Waals surface area contributed by atoms with Gasteiger partial charge in [0.25, 0.3) is 0 Å². The molecule has 4 nitrogen and oxygen atoms in total. The maximum atomic E-state index is 12.4. The molecule has 0 radical (unpaired) electrons. The van der Waals surface area contributed by atoms with Crippen molar-refractivity contribution in [2.24, 2.45) is 0 Å². The van der Waals surface area contributed by atoms with Gasteiger partial charge in [-0.25, -0.2) is 4.68 Å². The fourth-order valence-electron chi connectivity index (χ4n) is 1.12. The van der Waals surface area contributed by atoms with Gasteiger partial charge >= 0.3 is 11.7 Å². The summed E-state index contributed by atoms with van der Waals surface area (Å²) < 4.78 is 37.8. The Bertz CT molecular complexity index is 505. The fraction of sp³-hybridized carbons (Fsp3) is 0.556. The lowest BCUT2D eigenvalue weighted by atomic mass is 10.1. The van der Waals surface area contributed by atoms with E-state index in [0.29, 0.717) is 4.68 Å². The quantitative estimate of drug-likeness (QED) is 0.690. The molecule has 1 heterocycles. The van der Waals surface area contributed by atoms with E-state index in [2.05, 4.69) is 0 Å². The highest BCUT2D eigenvalue weighted by molar-refractivity contribution is 5.05. The number of nitrogens with one attached hydrogen (secondary N) is 1. The van der Waals surface area contributed by atoms with Gasteiger partial charge in [-0.05, 0) is 20.8 Å². The van der Waals surface area contributed by atoms with E-state index in [4.69, 9.17) is 0 Å². The van der Waals surface area contributed by atoms with Crippen LogP contribution in [0.25, 0.3) is 0 Å². The van der Waals surface area contributed by atoms with Crippen LogP contribution < -0.4 is 11.0 Å². The molecule has 1 aromatic rings. The molecule has 0 aliphatic rings. The SMILES string of the molecule is CC(C)(C)n1[nH]c(C(F)(F)F)cc(=O)c1=O. The summed E-state index contributed by atoms with van der Waals surface area (Å²) in [5.74, 6) is 0. The highest BCUT2D eigenvalue weighted by atomic mass is 19.4. The van der Waals surface area contributed by atoms with Crippen LogP contribution in [0.3, 0.4) is 0 Å². The number of halogens is 3. The van der Waals surface area contributed by atoms with Crippen molar-refractivity contribution in [2.45, 2.75) is 32.5 Å². The Morgan fingerprint density at radius 1 is 1.19 bits per heavy atom. The van der Waals surface area contributed by atoms with Gasteiger partial charge in [0.05, 0.1) is 5.54 Å². The van der Waals surface area contributed by atoms with Crippen molar-refractivity contribution in [3.05, 3.63) is 32.3 Å². The minimum atomic E-state index is -4.68. The lowest BCUT2D eigenvalue weighted by Gasteiger charge is -2.22. The van der Waals surface area contributed by atoms with Crippen LogP contribution in [-0.2, 0) is 11.7 Å². The molecule has 7 heteroatoms. The molecule has 0 aliphatic heterocycles. The van der Waals surface area contributed by atoms with Gasteiger partial charge in [0.2, 0.25) is 5.43 Å². The van der Waals surface area contributed by atoms with E-state index in [0.717, 1.165) is 0 Å². The third kappa shape index (κ3) is 2.34. The predicted octanol–water partition coefficient (Wildman–Crippen LogP) is 1.31. The third-order valence-corrected chi connectivity index (χ3v) is 1.90. The summed E-state index contributed by atoms with van der Waals surface area (Å²) in [6, 6.07) is 0.268. The Kier molecular flexibility index (Phi) is 2.74. The second-order valence-electron chi connectivity index (χ2n) is 4.34. The molecule has 0 atom stereocenters. The summed E-state index contributed by atoms with van der Waals surface area (Å²) in [7, 11) is 0. The molecule has 0 amide bonds. The Balaban J connectivity index is 3.60. The van der Waals surface area contributed by atoms with E-state index >= 15 is 0 Å². The Labute approximate surface area is 88.7 Å². The number of H-pyrrole nitrogens is 1. The molecule has 0 unspecified atom stereocenters. The molecule has 16 heavy (non-hydrogen) atoms. The highest BCUT2D eigenvalue weighted by Crippen LogP contribution is 2.26. The van der Waals surface area contributed by atoms with E-state index in [1.165, 1.54) is 20.8 Å². The maximum absolute atomic E-state index is 12.4. The zero-order valence-electron chi connectivity index (χ0n) is 8.97. The van der Waals surface area contributed by atoms with Crippen molar-refractivity contribution in [1.82, 2.24) is 9.78 Å². The molecule has 0 saturated heterocycles. The molecular weight excluding hydrogens is 225 g/mol. The van der Waals surface area contributed by atoms with E-state index in [1.807, 2.05) is 5.10 Å². The van der Waals surface area contributed by atoms with Crippen molar-refractivity contribution in [1.29, 1.82) is 0 Å². The van der Waals surface area contributed by atoms with Gasteiger partial charge in [0, 0.05) is 6.07 Å². The molecule has 0 saturated carbocycles. The van der Waals surface area contributed by atoms with Crippen LogP contribution in [0.4, 0.5) is 13.2 Å². The first-order chi connectivity index (χ1) is 7.03. The zero-order valence-corrected chi connectivity index (χ0v) is 8.97. The minimum Gasteiger partial charge on any atom is -0.291 e. The van der Waals surface area contributed by atoms with E-state index < -0.39 is 28.4 Å². The monoisotopic (exact) mass is 236 g/mol. The topological polar surface area (TPSA) is 54.9 Å². The smallest absolute Gasteiger partial charge is 0.291 e. The lowest BCUT2D eigenvalue weighted by Crippen LogP contribution is -2.44. The Hall–Kier alpha value is -1.53. The van der Waals surface area contributed by atoms with Crippen molar-refractivity contribution in [2.75, 3.05) is 0 Å². The summed E-state index contributed by atoms with van der Waals surface area (Å²) in [6.45, 7) is 4.56. The summed E-state index contributed by atoms with van der Waals surface area (Å²) in [5.41, 5.74) is -4.33. The second kappa shape index (κ2) is 3.50. The number of aromatic amines is 1. The van der Waals surface area contributed by atoms with Gasteiger partial charge in [0.15, 0.2) is 0 Å². The lowest BCUT2D eigenvalue weighted by molar-refractivity contribution is -0.142. The zero-order chi connectivity index (χ0) is 12.7. The standard InChI is InChI=1S/C9H11F3N2O2/c1-8(2,3)14-7(16)5(15)4-6(13-14)9(10,11)12/h4,13H,1-3H3. The van der Waals surface area contributed by atoms with Crippen LogP contribution in [-0.4, -0.2) is 9.78 Å². The van der Waals surface area contributed by atoms with Crippen LogP contribution in [0.1, 0.15) is 26.5 Å². The number of hydrogen-bond donors (Lipinski definition) is 1. The number of alkyl halides is 3. The fourth-order valence-corrected chi connectivity index (χ4v) is 1.12. The minimum absolute atomic E-state index is 0.268. The molecule has 0 bridgehead atoms. The largest absolute Gasteiger partial charge is 0.432 e. The van der Waals surface area contributed by atoms with Crippen LogP contribution in [0.15, 0.2) is 15.7 Å². The Morgan fingerprint density at radius 3 is 2.06 bits per heavy atom. The van der Waals surface area contributed by atoms with Crippen LogP contribution in [0.5, 0.6) is 0 Å². The van der Waals surface area contributed by atoms with Crippen molar-refractivity contribution < 1.29 is 13.2 Å². The van der Waals surface area contributed by atoms with Crippen molar-refractivity contribution >= 4 is 0 Å². The maximum Gasteiger partial charge on any atom is 0.432 e.